The Bertz CT molecular complexity index is 1370. The maximum atomic E-state index is 14.7. The summed E-state index contributed by atoms with van der Waals surface area (Å²) in [5.74, 6) is -5.59. The van der Waals surface area contributed by atoms with Crippen LogP contribution < -0.4 is 10.1 Å². The van der Waals surface area contributed by atoms with Crippen LogP contribution in [0.2, 0.25) is 0 Å². The maximum absolute atomic E-state index is 14.7. The number of piperidine rings is 2. The van der Waals surface area contributed by atoms with E-state index in [0.29, 0.717) is 43.6 Å². The van der Waals surface area contributed by atoms with Gasteiger partial charge in [-0.05, 0) is 61.9 Å². The first-order valence-electron chi connectivity index (χ1n) is 14.2. The molecule has 5 rings (SSSR count). The molecule has 9 heteroatoms. The van der Waals surface area contributed by atoms with Gasteiger partial charge in [-0.25, -0.2) is 8.78 Å². The number of nitrogens with zero attached hydrogens (tertiary/aromatic N) is 2. The second kappa shape index (κ2) is 12.8. The Labute approximate surface area is 238 Å². The number of carbonyl (C=O) groups is 2. The number of hydrogen-bond donors (Lipinski definition) is 1. The van der Waals surface area contributed by atoms with Gasteiger partial charge in [0.15, 0.2) is 17.4 Å². The molecule has 2 heterocycles. The third-order valence-electron chi connectivity index (χ3n) is 8.02. The Morgan fingerprint density at radius 1 is 0.854 bits per heavy atom. The molecule has 6 nitrogen and oxygen atoms in total. The lowest BCUT2D eigenvalue weighted by Crippen LogP contribution is -2.51. The number of amides is 2. The summed E-state index contributed by atoms with van der Waals surface area (Å²) >= 11 is 0. The molecule has 0 saturated carbocycles. The summed E-state index contributed by atoms with van der Waals surface area (Å²) < 4.78 is 47.4. The molecule has 0 aromatic heterocycles. The average molecular weight is 566 g/mol. The number of ether oxygens (including phenoxy) is 1. The van der Waals surface area contributed by atoms with E-state index in [9.17, 15) is 22.8 Å². The van der Waals surface area contributed by atoms with Gasteiger partial charge in [-0.3, -0.25) is 9.59 Å². The first-order valence-corrected chi connectivity index (χ1v) is 14.2. The standard InChI is InChI=1S/C32H34F3N3O3/c1-2-41-30-28(34)26(20-27(33)29(30)35)31(39)36-24-12-16-37(17-13-24)25-14-18-38(19-15-25)32(40)23-10-8-22(9-11-23)21-6-4-3-5-7-21/h3-11,20,24-25H,2,12-19H2,1H3,(H,36,39). The molecule has 3 aromatic carbocycles. The molecular weight excluding hydrogens is 531 g/mol. The first kappa shape index (κ1) is 28.7. The summed E-state index contributed by atoms with van der Waals surface area (Å²) in [7, 11) is 0. The number of hydrogen-bond acceptors (Lipinski definition) is 4. The van der Waals surface area contributed by atoms with Crippen molar-refractivity contribution in [2.75, 3.05) is 32.8 Å². The van der Waals surface area contributed by atoms with E-state index in [-0.39, 0.29) is 18.6 Å². The van der Waals surface area contributed by atoms with E-state index in [4.69, 9.17) is 4.74 Å². The molecule has 0 radical (unpaired) electrons. The molecule has 2 aliphatic heterocycles. The van der Waals surface area contributed by atoms with Crippen molar-refractivity contribution in [2.45, 2.75) is 44.7 Å². The number of benzene rings is 3. The highest BCUT2D eigenvalue weighted by molar-refractivity contribution is 5.95. The number of carbonyl (C=O) groups excluding carboxylic acids is 2. The fourth-order valence-corrected chi connectivity index (χ4v) is 5.74. The molecule has 3 aromatic rings. The molecule has 0 spiro atoms. The minimum Gasteiger partial charge on any atom is -0.488 e. The molecule has 0 aliphatic carbocycles. The average Bonchev–Trinajstić information content (AvgIpc) is 3.01. The number of halogens is 3. The normalized spacial score (nSPS) is 16.9. The van der Waals surface area contributed by atoms with Gasteiger partial charge in [0, 0.05) is 43.8 Å². The molecule has 2 aliphatic rings. The Hall–Kier alpha value is -3.85. The Kier molecular flexibility index (Phi) is 8.93. The van der Waals surface area contributed by atoms with E-state index in [0.717, 1.165) is 37.1 Å². The number of nitrogens with one attached hydrogen (secondary N) is 1. The van der Waals surface area contributed by atoms with Crippen LogP contribution in [0.4, 0.5) is 13.2 Å². The predicted molar refractivity (Wildman–Crippen MR) is 150 cm³/mol. The largest absolute Gasteiger partial charge is 0.488 e. The van der Waals surface area contributed by atoms with E-state index in [1.165, 1.54) is 6.92 Å². The van der Waals surface area contributed by atoms with Gasteiger partial charge in [-0.2, -0.15) is 4.39 Å². The molecule has 0 bridgehead atoms. The van der Waals surface area contributed by atoms with Crippen LogP contribution in [0.5, 0.6) is 5.75 Å². The van der Waals surface area contributed by atoms with E-state index in [1.807, 2.05) is 59.5 Å². The van der Waals surface area contributed by atoms with Crippen LogP contribution in [0.3, 0.4) is 0 Å². The third-order valence-corrected chi connectivity index (χ3v) is 8.02. The fraction of sp³-hybridized carbons (Fsp3) is 0.375. The smallest absolute Gasteiger partial charge is 0.254 e. The van der Waals surface area contributed by atoms with Crippen molar-refractivity contribution in [1.82, 2.24) is 15.1 Å². The van der Waals surface area contributed by atoms with Gasteiger partial charge in [0.2, 0.25) is 5.82 Å². The van der Waals surface area contributed by atoms with Crippen molar-refractivity contribution < 1.29 is 27.5 Å². The highest BCUT2D eigenvalue weighted by Crippen LogP contribution is 2.28. The van der Waals surface area contributed by atoms with Crippen molar-refractivity contribution in [3.05, 3.63) is 89.2 Å². The van der Waals surface area contributed by atoms with Crippen LogP contribution in [0.25, 0.3) is 11.1 Å². The Morgan fingerprint density at radius 2 is 1.49 bits per heavy atom. The van der Waals surface area contributed by atoms with E-state index in [2.05, 4.69) is 10.2 Å². The van der Waals surface area contributed by atoms with Gasteiger partial charge in [0.05, 0.1) is 12.2 Å². The molecule has 216 valence electrons. The van der Waals surface area contributed by atoms with E-state index in [1.54, 1.807) is 0 Å². The summed E-state index contributed by atoms with van der Waals surface area (Å²) in [6.07, 6.45) is 3.04. The summed E-state index contributed by atoms with van der Waals surface area (Å²) in [5, 5.41) is 2.77. The minimum absolute atomic E-state index is 0.0430. The molecule has 2 amide bonds. The van der Waals surface area contributed by atoms with Gasteiger partial charge in [0.1, 0.15) is 0 Å². The quantitative estimate of drug-likeness (QED) is 0.375. The molecule has 0 atom stereocenters. The molecule has 2 saturated heterocycles. The van der Waals surface area contributed by atoms with Crippen molar-refractivity contribution >= 4 is 11.8 Å². The SMILES string of the molecule is CCOc1c(F)c(F)cc(C(=O)NC2CCN(C3CCN(C(=O)c4ccc(-c5ccccc5)cc4)CC3)CC2)c1F. The van der Waals surface area contributed by atoms with Crippen LogP contribution in [-0.4, -0.2) is 66.5 Å². The van der Waals surface area contributed by atoms with E-state index < -0.39 is 34.7 Å². The second-order valence-electron chi connectivity index (χ2n) is 10.5. The summed E-state index contributed by atoms with van der Waals surface area (Å²) in [6, 6.07) is 18.5. The Balaban J connectivity index is 1.10. The van der Waals surface area contributed by atoms with Crippen LogP contribution >= 0.6 is 0 Å². The van der Waals surface area contributed by atoms with Crippen LogP contribution in [-0.2, 0) is 0 Å². The maximum Gasteiger partial charge on any atom is 0.254 e. The second-order valence-corrected chi connectivity index (χ2v) is 10.5. The number of likely N-dealkylation sites (tertiary alicyclic amines) is 2. The lowest BCUT2D eigenvalue weighted by molar-refractivity contribution is 0.0566. The predicted octanol–water partition coefficient (Wildman–Crippen LogP) is 5.67. The summed E-state index contributed by atoms with van der Waals surface area (Å²) in [4.78, 5) is 30.1. The van der Waals surface area contributed by atoms with Crippen molar-refractivity contribution in [2.24, 2.45) is 0 Å². The van der Waals surface area contributed by atoms with Crippen molar-refractivity contribution in [3.63, 3.8) is 0 Å². The zero-order chi connectivity index (χ0) is 28.9. The minimum atomic E-state index is -1.44. The topological polar surface area (TPSA) is 61.9 Å². The lowest BCUT2D eigenvalue weighted by atomic mass is 9.97. The molecule has 41 heavy (non-hydrogen) atoms. The lowest BCUT2D eigenvalue weighted by Gasteiger charge is -2.42. The Morgan fingerprint density at radius 3 is 2.12 bits per heavy atom. The molecular formula is C32H34F3N3O3. The first-order chi connectivity index (χ1) is 19.9. The highest BCUT2D eigenvalue weighted by atomic mass is 19.2. The summed E-state index contributed by atoms with van der Waals surface area (Å²) in [6.45, 7) is 4.30. The third kappa shape index (κ3) is 6.40. The van der Waals surface area contributed by atoms with E-state index >= 15 is 0 Å². The van der Waals surface area contributed by atoms with Crippen LogP contribution in [0.15, 0.2) is 60.7 Å². The van der Waals surface area contributed by atoms with Crippen LogP contribution in [0, 0.1) is 17.5 Å². The molecule has 1 N–H and O–H groups in total. The zero-order valence-corrected chi connectivity index (χ0v) is 23.0. The molecule has 2 fully saturated rings. The van der Waals surface area contributed by atoms with Gasteiger partial charge in [-0.15, -0.1) is 0 Å². The van der Waals surface area contributed by atoms with Crippen molar-refractivity contribution in [1.29, 1.82) is 0 Å². The zero-order valence-electron chi connectivity index (χ0n) is 23.0. The molecule has 0 unspecified atom stereocenters. The van der Waals surface area contributed by atoms with Gasteiger partial charge < -0.3 is 19.9 Å². The van der Waals surface area contributed by atoms with Crippen LogP contribution in [0.1, 0.15) is 53.3 Å². The monoisotopic (exact) mass is 565 g/mol. The summed E-state index contributed by atoms with van der Waals surface area (Å²) in [5.41, 5.74) is 2.31. The van der Waals surface area contributed by atoms with Gasteiger partial charge in [0.25, 0.3) is 11.8 Å². The van der Waals surface area contributed by atoms with Crippen molar-refractivity contribution in [3.8, 4) is 16.9 Å². The fourth-order valence-electron chi connectivity index (χ4n) is 5.74. The van der Waals surface area contributed by atoms with Gasteiger partial charge in [-0.1, -0.05) is 42.5 Å². The van der Waals surface area contributed by atoms with Gasteiger partial charge >= 0.3 is 0 Å². The highest BCUT2D eigenvalue weighted by Gasteiger charge is 2.31. The number of rotatable bonds is 7.